The van der Waals surface area contributed by atoms with E-state index in [1.54, 1.807) is 18.4 Å². The van der Waals surface area contributed by atoms with Crippen molar-refractivity contribution in [3.05, 3.63) is 37.7 Å². The van der Waals surface area contributed by atoms with E-state index < -0.39 is 0 Å². The average Bonchev–Trinajstić information content (AvgIpc) is 2.84. The lowest BCUT2D eigenvalue weighted by atomic mass is 10.2. The van der Waals surface area contributed by atoms with E-state index in [2.05, 4.69) is 0 Å². The summed E-state index contributed by atoms with van der Waals surface area (Å²) < 4.78 is 6.00. The molecule has 0 saturated heterocycles. The fourth-order valence-corrected chi connectivity index (χ4v) is 3.36. The quantitative estimate of drug-likeness (QED) is 0.915. The normalized spacial score (nSPS) is 12.7. The number of hydrogen-bond acceptors (Lipinski definition) is 4. The fourth-order valence-electron chi connectivity index (χ4n) is 1.33. The molecule has 0 aliphatic carbocycles. The highest BCUT2D eigenvalue weighted by Gasteiger charge is 2.16. The molecule has 0 amide bonds. The Morgan fingerprint density at radius 1 is 1.40 bits per heavy atom. The topological polar surface area (TPSA) is 35.2 Å². The van der Waals surface area contributed by atoms with Gasteiger partial charge in [-0.05, 0) is 23.6 Å². The third-order valence-electron chi connectivity index (χ3n) is 2.06. The molecule has 0 aliphatic heterocycles. The molecule has 0 saturated carbocycles. The number of methoxy groups -OCH3 is 1. The van der Waals surface area contributed by atoms with Crippen LogP contribution in [-0.2, 0) is 0 Å². The Balaban J connectivity index is 2.31. The standard InChI is InChI=1S/C10H10ClNOS2/c1-13-6-4-5-14-10(6)9(12)7-2-3-8(11)15-7/h2-5,9H,12H2,1H3. The van der Waals surface area contributed by atoms with Gasteiger partial charge in [0.05, 0.1) is 22.4 Å². The Morgan fingerprint density at radius 2 is 2.20 bits per heavy atom. The number of nitrogens with two attached hydrogens (primary N) is 1. The van der Waals surface area contributed by atoms with Crippen LogP contribution in [0.2, 0.25) is 4.34 Å². The van der Waals surface area contributed by atoms with Crippen LogP contribution in [0.5, 0.6) is 5.75 Å². The van der Waals surface area contributed by atoms with E-state index in [-0.39, 0.29) is 6.04 Å². The molecule has 1 unspecified atom stereocenters. The lowest BCUT2D eigenvalue weighted by molar-refractivity contribution is 0.411. The van der Waals surface area contributed by atoms with E-state index in [1.807, 2.05) is 23.6 Å². The van der Waals surface area contributed by atoms with Gasteiger partial charge in [0, 0.05) is 4.88 Å². The maximum absolute atomic E-state index is 6.13. The summed E-state index contributed by atoms with van der Waals surface area (Å²) in [6, 6.07) is 5.60. The molecule has 15 heavy (non-hydrogen) atoms. The first-order valence-corrected chi connectivity index (χ1v) is 6.42. The SMILES string of the molecule is COc1ccsc1C(N)c1ccc(Cl)s1. The van der Waals surface area contributed by atoms with Crippen molar-refractivity contribution < 1.29 is 4.74 Å². The summed E-state index contributed by atoms with van der Waals surface area (Å²) in [5.74, 6) is 0.844. The number of hydrogen-bond donors (Lipinski definition) is 1. The monoisotopic (exact) mass is 259 g/mol. The van der Waals surface area contributed by atoms with Gasteiger partial charge in [-0.1, -0.05) is 11.6 Å². The van der Waals surface area contributed by atoms with E-state index in [9.17, 15) is 0 Å². The number of halogens is 1. The molecule has 1 atom stereocenters. The predicted octanol–water partition coefficient (Wildman–Crippen LogP) is 3.52. The maximum atomic E-state index is 6.13. The molecular weight excluding hydrogens is 250 g/mol. The summed E-state index contributed by atoms with van der Waals surface area (Å²) in [6.45, 7) is 0. The van der Waals surface area contributed by atoms with Crippen LogP contribution < -0.4 is 10.5 Å². The fraction of sp³-hybridized carbons (Fsp3) is 0.200. The van der Waals surface area contributed by atoms with Crippen molar-refractivity contribution in [3.8, 4) is 5.75 Å². The molecule has 0 spiro atoms. The minimum atomic E-state index is -0.141. The molecule has 0 radical (unpaired) electrons. The van der Waals surface area contributed by atoms with Crippen molar-refractivity contribution in [1.82, 2.24) is 0 Å². The molecule has 0 aliphatic rings. The Morgan fingerprint density at radius 3 is 2.80 bits per heavy atom. The summed E-state index contributed by atoms with van der Waals surface area (Å²) in [5, 5.41) is 1.98. The van der Waals surface area contributed by atoms with Crippen LogP contribution in [0, 0.1) is 0 Å². The largest absolute Gasteiger partial charge is 0.496 e. The third-order valence-corrected chi connectivity index (χ3v) is 4.36. The van der Waals surface area contributed by atoms with Crippen LogP contribution in [-0.4, -0.2) is 7.11 Å². The van der Waals surface area contributed by atoms with E-state index in [0.29, 0.717) is 0 Å². The summed E-state index contributed by atoms with van der Waals surface area (Å²) in [5.41, 5.74) is 6.13. The molecular formula is C10H10ClNOS2. The van der Waals surface area contributed by atoms with Crippen molar-refractivity contribution in [2.24, 2.45) is 5.73 Å². The van der Waals surface area contributed by atoms with Crippen molar-refractivity contribution in [3.63, 3.8) is 0 Å². The van der Waals surface area contributed by atoms with Gasteiger partial charge in [0.15, 0.2) is 0 Å². The van der Waals surface area contributed by atoms with Gasteiger partial charge in [-0.25, -0.2) is 0 Å². The lowest BCUT2D eigenvalue weighted by Crippen LogP contribution is -2.09. The van der Waals surface area contributed by atoms with E-state index in [1.165, 1.54) is 11.3 Å². The van der Waals surface area contributed by atoms with Gasteiger partial charge < -0.3 is 10.5 Å². The van der Waals surface area contributed by atoms with Crippen molar-refractivity contribution in [2.45, 2.75) is 6.04 Å². The molecule has 2 nitrogen and oxygen atoms in total. The Labute approximate surface area is 101 Å². The van der Waals surface area contributed by atoms with Crippen LogP contribution in [0.3, 0.4) is 0 Å². The van der Waals surface area contributed by atoms with Crippen LogP contribution >= 0.6 is 34.3 Å². The van der Waals surface area contributed by atoms with Crippen LogP contribution in [0.25, 0.3) is 0 Å². The molecule has 2 heterocycles. The summed E-state index contributed by atoms with van der Waals surface area (Å²) in [4.78, 5) is 2.09. The Hall–Kier alpha value is -0.550. The van der Waals surface area contributed by atoms with Crippen LogP contribution in [0.15, 0.2) is 23.6 Å². The molecule has 2 aromatic heterocycles. The van der Waals surface area contributed by atoms with Gasteiger partial charge in [0.1, 0.15) is 5.75 Å². The molecule has 0 aromatic carbocycles. The zero-order chi connectivity index (χ0) is 10.8. The zero-order valence-electron chi connectivity index (χ0n) is 8.07. The van der Waals surface area contributed by atoms with E-state index in [0.717, 1.165) is 19.8 Å². The molecule has 2 aromatic rings. The zero-order valence-corrected chi connectivity index (χ0v) is 10.5. The van der Waals surface area contributed by atoms with Crippen molar-refractivity contribution >= 4 is 34.3 Å². The van der Waals surface area contributed by atoms with E-state index >= 15 is 0 Å². The average molecular weight is 260 g/mol. The number of rotatable bonds is 3. The van der Waals surface area contributed by atoms with Gasteiger partial charge in [-0.15, -0.1) is 22.7 Å². The number of thiophene rings is 2. The first-order chi connectivity index (χ1) is 7.22. The van der Waals surface area contributed by atoms with Gasteiger partial charge in [-0.3, -0.25) is 0 Å². The lowest BCUT2D eigenvalue weighted by Gasteiger charge is -2.09. The smallest absolute Gasteiger partial charge is 0.134 e. The van der Waals surface area contributed by atoms with Crippen LogP contribution in [0.4, 0.5) is 0 Å². The van der Waals surface area contributed by atoms with Crippen molar-refractivity contribution in [1.29, 1.82) is 0 Å². The summed E-state index contributed by atoms with van der Waals surface area (Å²) in [7, 11) is 1.65. The van der Waals surface area contributed by atoms with Gasteiger partial charge >= 0.3 is 0 Å². The van der Waals surface area contributed by atoms with Gasteiger partial charge in [-0.2, -0.15) is 0 Å². The molecule has 5 heteroatoms. The molecule has 80 valence electrons. The highest BCUT2D eigenvalue weighted by Crippen LogP contribution is 2.36. The first-order valence-electron chi connectivity index (χ1n) is 4.34. The third kappa shape index (κ3) is 2.18. The summed E-state index contributed by atoms with van der Waals surface area (Å²) >= 11 is 8.98. The highest BCUT2D eigenvalue weighted by atomic mass is 35.5. The minimum Gasteiger partial charge on any atom is -0.496 e. The summed E-state index contributed by atoms with van der Waals surface area (Å²) in [6.07, 6.45) is 0. The second kappa shape index (κ2) is 4.53. The first kappa shape index (κ1) is 11.0. The van der Waals surface area contributed by atoms with Crippen molar-refractivity contribution in [2.75, 3.05) is 7.11 Å². The second-order valence-corrected chi connectivity index (χ2v) is 5.67. The van der Waals surface area contributed by atoms with Gasteiger partial charge in [0.25, 0.3) is 0 Å². The van der Waals surface area contributed by atoms with Gasteiger partial charge in [0.2, 0.25) is 0 Å². The minimum absolute atomic E-state index is 0.141. The Bertz CT molecular complexity index is 452. The maximum Gasteiger partial charge on any atom is 0.134 e. The molecule has 2 rings (SSSR count). The predicted molar refractivity (Wildman–Crippen MR) is 66.2 cm³/mol. The molecule has 0 bridgehead atoms. The Kier molecular flexibility index (Phi) is 3.31. The van der Waals surface area contributed by atoms with Crippen LogP contribution in [0.1, 0.15) is 15.8 Å². The molecule has 0 fully saturated rings. The van der Waals surface area contributed by atoms with E-state index in [4.69, 9.17) is 22.1 Å². The molecule has 2 N–H and O–H groups in total. The number of ether oxygens (including phenoxy) is 1. The highest BCUT2D eigenvalue weighted by molar-refractivity contribution is 7.16. The second-order valence-electron chi connectivity index (χ2n) is 2.97.